The fourth-order valence-electron chi connectivity index (χ4n) is 3.68. The van der Waals surface area contributed by atoms with E-state index < -0.39 is 0 Å². The van der Waals surface area contributed by atoms with Crippen LogP contribution in [0.2, 0.25) is 0 Å². The summed E-state index contributed by atoms with van der Waals surface area (Å²) in [4.78, 5) is 2.56. The first kappa shape index (κ1) is 17.8. The van der Waals surface area contributed by atoms with Gasteiger partial charge in [-0.05, 0) is 45.7 Å². The lowest BCUT2D eigenvalue weighted by Crippen LogP contribution is -2.38. The SMILES string of the molecule is CCn1nc(C)c(CN2CCC(Nc3cccc(OC)c3)CC2)c1C. The van der Waals surface area contributed by atoms with Gasteiger partial charge in [-0.25, -0.2) is 0 Å². The second-order valence-electron chi connectivity index (χ2n) is 6.89. The quantitative estimate of drug-likeness (QED) is 0.871. The number of ether oxygens (including phenoxy) is 1. The topological polar surface area (TPSA) is 42.3 Å². The highest BCUT2D eigenvalue weighted by molar-refractivity contribution is 5.48. The highest BCUT2D eigenvalue weighted by Crippen LogP contribution is 2.23. The molecule has 0 atom stereocenters. The molecular formula is C20H30N4O. The summed E-state index contributed by atoms with van der Waals surface area (Å²) in [6, 6.07) is 8.73. The third-order valence-corrected chi connectivity index (χ3v) is 5.24. The van der Waals surface area contributed by atoms with Crippen molar-refractivity contribution in [3.63, 3.8) is 0 Å². The molecule has 1 saturated heterocycles. The predicted molar refractivity (Wildman–Crippen MR) is 102 cm³/mol. The van der Waals surface area contributed by atoms with Gasteiger partial charge in [0.15, 0.2) is 0 Å². The Morgan fingerprint density at radius 3 is 2.64 bits per heavy atom. The van der Waals surface area contributed by atoms with E-state index in [0.717, 1.165) is 50.5 Å². The number of nitrogens with zero attached hydrogens (tertiary/aromatic N) is 3. The van der Waals surface area contributed by atoms with Crippen LogP contribution in [0.1, 0.15) is 36.7 Å². The van der Waals surface area contributed by atoms with Crippen molar-refractivity contribution in [1.29, 1.82) is 0 Å². The van der Waals surface area contributed by atoms with Gasteiger partial charge in [0.05, 0.1) is 12.8 Å². The van der Waals surface area contributed by atoms with E-state index in [-0.39, 0.29) is 0 Å². The number of rotatable bonds is 6. The first-order valence-corrected chi connectivity index (χ1v) is 9.26. The van der Waals surface area contributed by atoms with Gasteiger partial charge >= 0.3 is 0 Å². The molecule has 0 aliphatic carbocycles. The zero-order valence-electron chi connectivity index (χ0n) is 15.9. The van der Waals surface area contributed by atoms with E-state index in [0.29, 0.717) is 6.04 Å². The van der Waals surface area contributed by atoms with Crippen molar-refractivity contribution in [3.8, 4) is 5.75 Å². The van der Waals surface area contributed by atoms with Gasteiger partial charge in [0.1, 0.15) is 5.75 Å². The van der Waals surface area contributed by atoms with Gasteiger partial charge in [-0.2, -0.15) is 5.10 Å². The highest BCUT2D eigenvalue weighted by Gasteiger charge is 2.21. The molecule has 2 heterocycles. The van der Waals surface area contributed by atoms with Crippen LogP contribution < -0.4 is 10.1 Å². The maximum Gasteiger partial charge on any atom is 0.120 e. The molecule has 1 aromatic heterocycles. The lowest BCUT2D eigenvalue weighted by atomic mass is 10.0. The fraction of sp³-hybridized carbons (Fsp3) is 0.550. The van der Waals surface area contributed by atoms with E-state index in [1.54, 1.807) is 7.11 Å². The van der Waals surface area contributed by atoms with Crippen LogP contribution in [-0.4, -0.2) is 40.9 Å². The number of piperidine rings is 1. The summed E-state index contributed by atoms with van der Waals surface area (Å²) in [5, 5.41) is 8.30. The van der Waals surface area contributed by atoms with Gasteiger partial charge in [-0.1, -0.05) is 6.07 Å². The summed E-state index contributed by atoms with van der Waals surface area (Å²) < 4.78 is 7.42. The standard InChI is InChI=1S/C20H30N4O/c1-5-24-16(3)20(15(2)22-24)14-23-11-9-17(10-12-23)21-18-7-6-8-19(13-18)25-4/h6-8,13,17,21H,5,9-12,14H2,1-4H3. The summed E-state index contributed by atoms with van der Waals surface area (Å²) in [6.07, 6.45) is 2.33. The van der Waals surface area contributed by atoms with Crippen LogP contribution in [0.3, 0.4) is 0 Å². The Balaban J connectivity index is 1.54. The number of likely N-dealkylation sites (tertiary alicyclic amines) is 1. The van der Waals surface area contributed by atoms with Crippen molar-refractivity contribution in [2.75, 3.05) is 25.5 Å². The molecule has 136 valence electrons. The zero-order valence-corrected chi connectivity index (χ0v) is 15.9. The molecule has 1 aromatic carbocycles. The van der Waals surface area contributed by atoms with E-state index in [9.17, 15) is 0 Å². The Kier molecular flexibility index (Phi) is 5.63. The maximum absolute atomic E-state index is 5.30. The molecule has 25 heavy (non-hydrogen) atoms. The first-order valence-electron chi connectivity index (χ1n) is 9.26. The number of benzene rings is 1. The molecule has 0 radical (unpaired) electrons. The molecule has 0 spiro atoms. The Labute approximate surface area is 151 Å². The summed E-state index contributed by atoms with van der Waals surface area (Å²) in [6.45, 7) is 10.7. The Bertz CT molecular complexity index is 702. The molecule has 3 rings (SSSR count). The minimum absolute atomic E-state index is 0.531. The molecule has 0 unspecified atom stereocenters. The van der Waals surface area contributed by atoms with Crippen molar-refractivity contribution in [2.45, 2.75) is 52.7 Å². The van der Waals surface area contributed by atoms with Gasteiger partial charge in [-0.3, -0.25) is 9.58 Å². The van der Waals surface area contributed by atoms with Gasteiger partial charge in [0.25, 0.3) is 0 Å². The lowest BCUT2D eigenvalue weighted by molar-refractivity contribution is 0.210. The Hall–Kier alpha value is -2.01. The van der Waals surface area contributed by atoms with Crippen molar-refractivity contribution in [1.82, 2.24) is 14.7 Å². The molecular weight excluding hydrogens is 312 g/mol. The normalized spacial score (nSPS) is 16.2. The van der Waals surface area contributed by atoms with Crippen molar-refractivity contribution < 1.29 is 4.74 Å². The molecule has 5 nitrogen and oxygen atoms in total. The largest absolute Gasteiger partial charge is 0.497 e. The average molecular weight is 342 g/mol. The van der Waals surface area contributed by atoms with Crippen LogP contribution >= 0.6 is 0 Å². The molecule has 1 fully saturated rings. The number of methoxy groups -OCH3 is 1. The van der Waals surface area contributed by atoms with Crippen molar-refractivity contribution >= 4 is 5.69 Å². The van der Waals surface area contributed by atoms with Crippen molar-refractivity contribution in [3.05, 3.63) is 41.2 Å². The molecule has 1 aliphatic rings. The van der Waals surface area contributed by atoms with Crippen LogP contribution in [0.4, 0.5) is 5.69 Å². The summed E-state index contributed by atoms with van der Waals surface area (Å²) in [5.41, 5.74) is 5.04. The van der Waals surface area contributed by atoms with Crippen LogP contribution in [-0.2, 0) is 13.1 Å². The molecule has 1 N–H and O–H groups in total. The lowest BCUT2D eigenvalue weighted by Gasteiger charge is -2.33. The highest BCUT2D eigenvalue weighted by atomic mass is 16.5. The molecule has 0 bridgehead atoms. The molecule has 2 aromatic rings. The second-order valence-corrected chi connectivity index (χ2v) is 6.89. The van der Waals surface area contributed by atoms with Crippen LogP contribution in [0.5, 0.6) is 5.75 Å². The number of aromatic nitrogens is 2. The fourth-order valence-corrected chi connectivity index (χ4v) is 3.68. The van der Waals surface area contributed by atoms with Gasteiger partial charge in [-0.15, -0.1) is 0 Å². The Morgan fingerprint density at radius 2 is 2.00 bits per heavy atom. The predicted octanol–water partition coefficient (Wildman–Crippen LogP) is 3.60. The van der Waals surface area contributed by atoms with E-state index in [2.05, 4.69) is 52.9 Å². The van der Waals surface area contributed by atoms with E-state index in [4.69, 9.17) is 4.74 Å². The third kappa shape index (κ3) is 4.15. The number of aryl methyl sites for hydroxylation is 2. The monoisotopic (exact) mass is 342 g/mol. The summed E-state index contributed by atoms with van der Waals surface area (Å²) in [7, 11) is 1.71. The Morgan fingerprint density at radius 1 is 1.24 bits per heavy atom. The maximum atomic E-state index is 5.30. The smallest absolute Gasteiger partial charge is 0.120 e. The number of anilines is 1. The summed E-state index contributed by atoms with van der Waals surface area (Å²) >= 11 is 0. The number of hydrogen-bond acceptors (Lipinski definition) is 4. The zero-order chi connectivity index (χ0) is 17.8. The van der Waals surface area contributed by atoms with Crippen LogP contribution in [0.15, 0.2) is 24.3 Å². The minimum atomic E-state index is 0.531. The first-order chi connectivity index (χ1) is 12.1. The second kappa shape index (κ2) is 7.91. The van der Waals surface area contributed by atoms with Crippen LogP contribution in [0, 0.1) is 13.8 Å². The number of hydrogen-bond donors (Lipinski definition) is 1. The minimum Gasteiger partial charge on any atom is -0.497 e. The molecule has 5 heteroatoms. The van der Waals surface area contributed by atoms with Crippen molar-refractivity contribution in [2.24, 2.45) is 0 Å². The van der Waals surface area contributed by atoms with E-state index in [1.807, 2.05) is 12.1 Å². The molecule has 0 saturated carbocycles. The van der Waals surface area contributed by atoms with Gasteiger partial charge < -0.3 is 10.1 Å². The number of nitrogens with one attached hydrogen (secondary N) is 1. The molecule has 1 aliphatic heterocycles. The van der Waals surface area contributed by atoms with Gasteiger partial charge in [0.2, 0.25) is 0 Å². The molecule has 0 amide bonds. The van der Waals surface area contributed by atoms with E-state index >= 15 is 0 Å². The van der Waals surface area contributed by atoms with E-state index in [1.165, 1.54) is 17.0 Å². The third-order valence-electron chi connectivity index (χ3n) is 5.24. The average Bonchev–Trinajstić information content (AvgIpc) is 2.91. The summed E-state index contributed by atoms with van der Waals surface area (Å²) in [5.74, 6) is 0.904. The van der Waals surface area contributed by atoms with Crippen LogP contribution in [0.25, 0.3) is 0 Å². The van der Waals surface area contributed by atoms with Gasteiger partial charge in [0, 0.05) is 55.2 Å².